The van der Waals surface area contributed by atoms with E-state index in [1.807, 2.05) is 0 Å². The molecular weight excluding hydrogens is 405 g/mol. The summed E-state index contributed by atoms with van der Waals surface area (Å²) in [6.45, 7) is 1.68. The molecule has 3 rings (SSSR count). The first kappa shape index (κ1) is 20.1. The van der Waals surface area contributed by atoms with Gasteiger partial charge in [-0.25, -0.2) is 22.9 Å². The normalized spacial score (nSPS) is 12.5. The summed E-state index contributed by atoms with van der Waals surface area (Å²) in [4.78, 5) is 16.4. The number of anilines is 1. The number of nitrogens with two attached hydrogens (primary N) is 1. The number of carbonyl (C=O) groups excluding carboxylic acids is 1. The number of aromatic nitrogens is 1. The number of thioether (sulfide) groups is 1. The van der Waals surface area contributed by atoms with Crippen LogP contribution in [0.25, 0.3) is 11.3 Å². The predicted molar refractivity (Wildman–Crippen MR) is 104 cm³/mol. The molecule has 1 amide bonds. The molecule has 0 bridgehead atoms. The number of primary sulfonamides is 1. The Morgan fingerprint density at radius 1 is 1.18 bits per heavy atom. The van der Waals surface area contributed by atoms with Crippen LogP contribution in [0.3, 0.4) is 0 Å². The van der Waals surface area contributed by atoms with Gasteiger partial charge in [0.2, 0.25) is 15.9 Å². The lowest BCUT2D eigenvalue weighted by Gasteiger charge is -2.10. The number of nitrogens with one attached hydrogen (secondary N) is 1. The number of hydrogen-bond acceptors (Lipinski definition) is 6. The highest BCUT2D eigenvalue weighted by Crippen LogP contribution is 2.28. The van der Waals surface area contributed by atoms with Crippen molar-refractivity contribution in [3.8, 4) is 11.3 Å². The van der Waals surface area contributed by atoms with Crippen LogP contribution < -0.4 is 10.5 Å². The summed E-state index contributed by atoms with van der Waals surface area (Å²) in [5, 5.41) is 7.49. The Morgan fingerprint density at radius 2 is 1.82 bits per heavy atom. The Hall–Kier alpha value is -2.69. The van der Waals surface area contributed by atoms with Crippen LogP contribution in [0.15, 0.2) is 69.3 Å². The minimum absolute atomic E-state index is 0.0407. The largest absolute Gasteiger partial charge is 0.431 e. The summed E-state index contributed by atoms with van der Waals surface area (Å²) in [6, 6.07) is 11.3. The molecule has 3 aromatic rings. The first-order valence-corrected chi connectivity index (χ1v) is 10.5. The van der Waals surface area contributed by atoms with Gasteiger partial charge >= 0.3 is 0 Å². The van der Waals surface area contributed by atoms with Crippen LogP contribution >= 0.6 is 11.8 Å². The zero-order valence-corrected chi connectivity index (χ0v) is 16.3. The molecule has 1 heterocycles. The third-order valence-electron chi connectivity index (χ3n) is 3.71. The van der Waals surface area contributed by atoms with Crippen LogP contribution in [0, 0.1) is 5.82 Å². The van der Waals surface area contributed by atoms with Gasteiger partial charge in [-0.15, -0.1) is 0 Å². The third-order valence-corrected chi connectivity index (χ3v) is 5.60. The molecule has 10 heteroatoms. The highest BCUT2D eigenvalue weighted by molar-refractivity contribution is 8.00. The molecule has 1 atom stereocenters. The van der Waals surface area contributed by atoms with Crippen molar-refractivity contribution in [3.05, 3.63) is 60.5 Å². The van der Waals surface area contributed by atoms with Gasteiger partial charge in [0, 0.05) is 11.3 Å². The van der Waals surface area contributed by atoms with Crippen molar-refractivity contribution < 1.29 is 22.0 Å². The van der Waals surface area contributed by atoms with E-state index in [-0.39, 0.29) is 16.6 Å². The molecule has 2 aromatic carbocycles. The highest BCUT2D eigenvalue weighted by Gasteiger charge is 2.18. The number of sulfonamides is 1. The molecule has 1 aromatic heterocycles. The van der Waals surface area contributed by atoms with E-state index in [1.165, 1.54) is 42.6 Å². The standard InChI is InChI=1S/C18H16FN3O4S2/c1-11(17(23)22-14-6-8-15(9-7-14)28(20,24)25)27-18-21-10-16(26-18)12-2-4-13(19)5-3-12/h2-11H,1H3,(H,22,23)(H2,20,24,25). The van der Waals surface area contributed by atoms with E-state index >= 15 is 0 Å². The molecule has 0 radical (unpaired) electrons. The second-order valence-corrected chi connectivity index (χ2v) is 8.67. The number of rotatable bonds is 6. The maximum Gasteiger partial charge on any atom is 0.256 e. The van der Waals surface area contributed by atoms with E-state index in [1.54, 1.807) is 19.1 Å². The van der Waals surface area contributed by atoms with Gasteiger partial charge in [-0.2, -0.15) is 0 Å². The third kappa shape index (κ3) is 4.97. The smallest absolute Gasteiger partial charge is 0.256 e. The summed E-state index contributed by atoms with van der Waals surface area (Å²) in [5.74, 6) is -0.191. The molecule has 3 N–H and O–H groups in total. The summed E-state index contributed by atoms with van der Waals surface area (Å²) in [5.41, 5.74) is 1.11. The molecule has 0 saturated carbocycles. The lowest BCUT2D eigenvalue weighted by molar-refractivity contribution is -0.115. The molecule has 0 aliphatic carbocycles. The number of amides is 1. The first-order chi connectivity index (χ1) is 13.2. The SMILES string of the molecule is CC(Sc1ncc(-c2ccc(F)cc2)o1)C(=O)Nc1ccc(S(N)(=O)=O)cc1. The quantitative estimate of drug-likeness (QED) is 0.591. The monoisotopic (exact) mass is 421 g/mol. The topological polar surface area (TPSA) is 115 Å². The Balaban J connectivity index is 1.62. The van der Waals surface area contributed by atoms with E-state index in [0.717, 1.165) is 11.8 Å². The Bertz CT molecular complexity index is 1080. The maximum absolute atomic E-state index is 13.0. The second-order valence-electron chi connectivity index (χ2n) is 5.82. The summed E-state index contributed by atoms with van der Waals surface area (Å²) < 4.78 is 41.1. The molecule has 0 fully saturated rings. The maximum atomic E-state index is 13.0. The van der Waals surface area contributed by atoms with Gasteiger partial charge in [-0.3, -0.25) is 4.79 Å². The van der Waals surface area contributed by atoms with Gasteiger partial charge in [-0.05, 0) is 55.5 Å². The van der Waals surface area contributed by atoms with Crippen molar-refractivity contribution in [1.82, 2.24) is 4.98 Å². The van der Waals surface area contributed by atoms with Crippen molar-refractivity contribution in [1.29, 1.82) is 0 Å². The van der Waals surface area contributed by atoms with Crippen LogP contribution in [0.1, 0.15) is 6.92 Å². The molecule has 0 aliphatic rings. The van der Waals surface area contributed by atoms with Crippen LogP contribution in [0.2, 0.25) is 0 Å². The number of oxazole rings is 1. The average molecular weight is 421 g/mol. The van der Waals surface area contributed by atoms with Gasteiger partial charge in [0.15, 0.2) is 5.76 Å². The Morgan fingerprint density at radius 3 is 2.43 bits per heavy atom. The summed E-state index contributed by atoms with van der Waals surface area (Å²) in [7, 11) is -3.79. The molecular formula is C18H16FN3O4S2. The zero-order valence-electron chi connectivity index (χ0n) is 14.6. The molecule has 146 valence electrons. The predicted octanol–water partition coefficient (Wildman–Crippen LogP) is 3.25. The van der Waals surface area contributed by atoms with Crippen LogP contribution in [-0.2, 0) is 14.8 Å². The van der Waals surface area contributed by atoms with E-state index in [2.05, 4.69) is 10.3 Å². The Labute approximate surface area is 165 Å². The van der Waals surface area contributed by atoms with Gasteiger partial charge in [0.25, 0.3) is 5.22 Å². The summed E-state index contributed by atoms with van der Waals surface area (Å²) >= 11 is 1.12. The van der Waals surface area contributed by atoms with Crippen molar-refractivity contribution >= 4 is 33.4 Å². The molecule has 0 spiro atoms. The first-order valence-electron chi connectivity index (χ1n) is 8.04. The fourth-order valence-corrected chi connectivity index (χ4v) is 3.47. The van der Waals surface area contributed by atoms with E-state index in [4.69, 9.17) is 9.56 Å². The van der Waals surface area contributed by atoms with Crippen molar-refractivity contribution in [2.45, 2.75) is 22.3 Å². The van der Waals surface area contributed by atoms with E-state index < -0.39 is 15.3 Å². The lowest BCUT2D eigenvalue weighted by Crippen LogP contribution is -2.22. The fraction of sp³-hybridized carbons (Fsp3) is 0.111. The average Bonchev–Trinajstić information content (AvgIpc) is 3.10. The Kier molecular flexibility index (Phi) is 5.82. The number of nitrogens with zero attached hydrogens (tertiary/aromatic N) is 1. The van der Waals surface area contributed by atoms with E-state index in [0.29, 0.717) is 22.2 Å². The fourth-order valence-electron chi connectivity index (χ4n) is 2.24. The molecule has 0 saturated heterocycles. The zero-order chi connectivity index (χ0) is 20.3. The van der Waals surface area contributed by atoms with Gasteiger partial charge < -0.3 is 9.73 Å². The second kappa shape index (κ2) is 8.13. The summed E-state index contributed by atoms with van der Waals surface area (Å²) in [6.07, 6.45) is 1.51. The lowest BCUT2D eigenvalue weighted by atomic mass is 10.2. The molecule has 0 aliphatic heterocycles. The molecule has 7 nitrogen and oxygen atoms in total. The van der Waals surface area contributed by atoms with Gasteiger partial charge in [0.1, 0.15) is 5.82 Å². The minimum Gasteiger partial charge on any atom is -0.431 e. The van der Waals surface area contributed by atoms with Crippen molar-refractivity contribution in [3.63, 3.8) is 0 Å². The number of hydrogen-bond donors (Lipinski definition) is 2. The van der Waals surface area contributed by atoms with Crippen molar-refractivity contribution in [2.24, 2.45) is 5.14 Å². The number of halogens is 1. The minimum atomic E-state index is -3.79. The molecule has 28 heavy (non-hydrogen) atoms. The highest BCUT2D eigenvalue weighted by atomic mass is 32.2. The van der Waals surface area contributed by atoms with Crippen LogP contribution in [0.5, 0.6) is 0 Å². The number of benzene rings is 2. The van der Waals surface area contributed by atoms with Gasteiger partial charge in [0.05, 0.1) is 16.3 Å². The van der Waals surface area contributed by atoms with Crippen LogP contribution in [0.4, 0.5) is 10.1 Å². The van der Waals surface area contributed by atoms with Gasteiger partial charge in [-0.1, -0.05) is 11.8 Å². The molecule has 1 unspecified atom stereocenters. The number of carbonyl (C=O) groups is 1. The van der Waals surface area contributed by atoms with Crippen molar-refractivity contribution in [2.75, 3.05) is 5.32 Å². The van der Waals surface area contributed by atoms with Crippen LogP contribution in [-0.4, -0.2) is 24.6 Å². The van der Waals surface area contributed by atoms with E-state index in [9.17, 15) is 17.6 Å².